The number of halogens is 1. The van der Waals surface area contributed by atoms with Gasteiger partial charge in [-0.3, -0.25) is 9.59 Å². The van der Waals surface area contributed by atoms with Crippen LogP contribution in [0.4, 0.5) is 15.8 Å². The number of rotatable bonds is 13. The molecule has 1 aromatic heterocycles. The number of nitrogens with one attached hydrogen (secondary N) is 1. The van der Waals surface area contributed by atoms with Crippen LogP contribution in [-0.2, 0) is 16.0 Å². The number of esters is 1. The van der Waals surface area contributed by atoms with Crippen molar-refractivity contribution >= 4 is 40.4 Å². The van der Waals surface area contributed by atoms with Crippen LogP contribution in [0.2, 0.25) is 0 Å². The Morgan fingerprint density at radius 3 is 2.24 bits per heavy atom. The molecule has 5 rings (SSSR count). The third-order valence-corrected chi connectivity index (χ3v) is 7.94. The molecule has 0 aliphatic rings. The van der Waals surface area contributed by atoms with Crippen LogP contribution >= 0.6 is 11.3 Å². The van der Waals surface area contributed by atoms with E-state index in [0.29, 0.717) is 39.5 Å². The fourth-order valence-electron chi connectivity index (χ4n) is 4.79. The quantitative estimate of drug-likeness (QED) is 0.112. The standard InChI is InChI=1S/C36H31FN2O5S/c1-43-36(42)32(38-31-11-6-5-10-30(31)34(40)26-8-3-2-4-9-26)24-25-13-19-29(20-14-25)44-22-21-39(28-17-15-27(37)16-18-28)35(41)33-12-7-23-45-33/h2-20,23,32,38H,21-22,24H2,1H3/t32-/m0/s1. The number of hydrogen-bond donors (Lipinski definition) is 1. The Bertz CT molecular complexity index is 1730. The molecule has 0 saturated carbocycles. The largest absolute Gasteiger partial charge is 0.492 e. The molecule has 0 aliphatic carbocycles. The predicted molar refractivity (Wildman–Crippen MR) is 174 cm³/mol. The second-order valence-electron chi connectivity index (χ2n) is 10.1. The van der Waals surface area contributed by atoms with E-state index < -0.39 is 12.0 Å². The average molecular weight is 623 g/mol. The number of nitrogens with zero attached hydrogens (tertiary/aromatic N) is 1. The van der Waals surface area contributed by atoms with Crippen LogP contribution in [0.25, 0.3) is 0 Å². The molecular formula is C36H31FN2O5S. The van der Waals surface area contributed by atoms with Crippen molar-refractivity contribution in [2.75, 3.05) is 30.5 Å². The Kier molecular flexibility index (Phi) is 10.3. The van der Waals surface area contributed by atoms with Crippen LogP contribution < -0.4 is 15.0 Å². The van der Waals surface area contributed by atoms with Gasteiger partial charge in [-0.25, -0.2) is 9.18 Å². The molecule has 4 aromatic carbocycles. The Hall–Kier alpha value is -5.28. The first kappa shape index (κ1) is 31.2. The second kappa shape index (κ2) is 14.9. The van der Waals surface area contributed by atoms with Gasteiger partial charge in [-0.15, -0.1) is 11.3 Å². The summed E-state index contributed by atoms with van der Waals surface area (Å²) in [4.78, 5) is 41.3. The highest BCUT2D eigenvalue weighted by Crippen LogP contribution is 2.23. The lowest BCUT2D eigenvalue weighted by Crippen LogP contribution is -2.34. The van der Waals surface area contributed by atoms with Crippen LogP contribution in [0.15, 0.2) is 121 Å². The zero-order valence-corrected chi connectivity index (χ0v) is 25.3. The Labute approximate surface area is 264 Å². The molecule has 1 N–H and O–H groups in total. The Morgan fingerprint density at radius 2 is 1.56 bits per heavy atom. The van der Waals surface area contributed by atoms with Gasteiger partial charge >= 0.3 is 5.97 Å². The van der Waals surface area contributed by atoms with Gasteiger partial charge in [0.2, 0.25) is 0 Å². The minimum Gasteiger partial charge on any atom is -0.492 e. The lowest BCUT2D eigenvalue weighted by molar-refractivity contribution is -0.141. The Balaban J connectivity index is 1.24. The van der Waals surface area contributed by atoms with Crippen LogP contribution in [0, 0.1) is 5.82 Å². The molecule has 45 heavy (non-hydrogen) atoms. The van der Waals surface area contributed by atoms with Crippen molar-refractivity contribution in [3.05, 3.63) is 148 Å². The number of para-hydroxylation sites is 1. The van der Waals surface area contributed by atoms with E-state index in [1.807, 2.05) is 29.6 Å². The van der Waals surface area contributed by atoms with Crippen molar-refractivity contribution in [2.24, 2.45) is 0 Å². The lowest BCUT2D eigenvalue weighted by atomic mass is 10.00. The molecule has 7 nitrogen and oxygen atoms in total. The molecule has 0 spiro atoms. The van der Waals surface area contributed by atoms with E-state index in [1.165, 1.54) is 30.6 Å². The monoisotopic (exact) mass is 622 g/mol. The first-order chi connectivity index (χ1) is 21.9. The molecule has 5 aromatic rings. The van der Waals surface area contributed by atoms with Crippen LogP contribution in [0.3, 0.4) is 0 Å². The van der Waals surface area contributed by atoms with Crippen molar-refractivity contribution in [1.29, 1.82) is 0 Å². The van der Waals surface area contributed by atoms with E-state index >= 15 is 0 Å². The molecule has 0 saturated heterocycles. The minimum absolute atomic E-state index is 0.154. The maximum Gasteiger partial charge on any atom is 0.328 e. The molecule has 1 atom stereocenters. The van der Waals surface area contributed by atoms with Crippen molar-refractivity contribution < 1.29 is 28.2 Å². The highest BCUT2D eigenvalue weighted by Gasteiger charge is 2.23. The second-order valence-corrected chi connectivity index (χ2v) is 11.0. The zero-order valence-electron chi connectivity index (χ0n) is 24.5. The number of methoxy groups -OCH3 is 1. The normalized spacial score (nSPS) is 11.3. The SMILES string of the molecule is COC(=O)[C@H](Cc1ccc(OCCN(C(=O)c2cccs2)c2ccc(F)cc2)cc1)Nc1ccccc1C(=O)c1ccccc1. The molecule has 9 heteroatoms. The van der Waals surface area contributed by atoms with Crippen molar-refractivity contribution in [1.82, 2.24) is 0 Å². The summed E-state index contributed by atoms with van der Waals surface area (Å²) in [5, 5.41) is 5.04. The van der Waals surface area contributed by atoms with E-state index in [4.69, 9.17) is 9.47 Å². The number of amides is 1. The lowest BCUT2D eigenvalue weighted by Gasteiger charge is -2.22. The summed E-state index contributed by atoms with van der Waals surface area (Å²) in [5.41, 5.74) is 2.95. The number of carbonyl (C=O) groups excluding carboxylic acids is 3. The van der Waals surface area contributed by atoms with E-state index in [9.17, 15) is 18.8 Å². The summed E-state index contributed by atoms with van der Waals surface area (Å²) in [6.07, 6.45) is 0.300. The molecule has 0 fully saturated rings. The molecule has 0 unspecified atom stereocenters. The fourth-order valence-corrected chi connectivity index (χ4v) is 5.46. The first-order valence-corrected chi connectivity index (χ1v) is 15.2. The van der Waals surface area contributed by atoms with Gasteiger partial charge in [-0.1, -0.05) is 60.7 Å². The topological polar surface area (TPSA) is 84.9 Å². The average Bonchev–Trinajstić information content (AvgIpc) is 3.63. The highest BCUT2D eigenvalue weighted by atomic mass is 32.1. The summed E-state index contributed by atoms with van der Waals surface area (Å²) in [6, 6.07) is 31.9. The van der Waals surface area contributed by atoms with Gasteiger partial charge < -0.3 is 19.7 Å². The van der Waals surface area contributed by atoms with Gasteiger partial charge in [0.05, 0.1) is 18.5 Å². The van der Waals surface area contributed by atoms with Crippen LogP contribution in [0.1, 0.15) is 31.2 Å². The third kappa shape index (κ3) is 8.01. The van der Waals surface area contributed by atoms with Crippen molar-refractivity contribution in [3.63, 3.8) is 0 Å². The van der Waals surface area contributed by atoms with Gasteiger partial charge in [0.25, 0.3) is 5.91 Å². The van der Waals surface area contributed by atoms with E-state index in [2.05, 4.69) is 5.32 Å². The van der Waals surface area contributed by atoms with E-state index in [-0.39, 0.29) is 30.7 Å². The number of ether oxygens (including phenoxy) is 2. The molecule has 1 heterocycles. The van der Waals surface area contributed by atoms with Crippen LogP contribution in [0.5, 0.6) is 5.75 Å². The Morgan fingerprint density at radius 1 is 0.844 bits per heavy atom. The zero-order chi connectivity index (χ0) is 31.6. The van der Waals surface area contributed by atoms with Crippen LogP contribution in [-0.4, -0.2) is 44.0 Å². The van der Waals surface area contributed by atoms with E-state index in [1.54, 1.807) is 83.8 Å². The van der Waals surface area contributed by atoms with Crippen molar-refractivity contribution in [3.8, 4) is 5.75 Å². The fraction of sp³-hybridized carbons (Fsp3) is 0.139. The van der Waals surface area contributed by atoms with E-state index in [0.717, 1.165) is 5.56 Å². The molecule has 0 aliphatic heterocycles. The number of anilines is 2. The van der Waals surface area contributed by atoms with Gasteiger partial charge in [0.1, 0.15) is 24.2 Å². The smallest absolute Gasteiger partial charge is 0.328 e. The molecule has 0 radical (unpaired) electrons. The number of ketones is 1. The first-order valence-electron chi connectivity index (χ1n) is 14.3. The summed E-state index contributed by atoms with van der Waals surface area (Å²) in [7, 11) is 1.33. The maximum atomic E-state index is 13.5. The third-order valence-electron chi connectivity index (χ3n) is 7.09. The minimum atomic E-state index is -0.751. The van der Waals surface area contributed by atoms with Gasteiger partial charge in [-0.2, -0.15) is 0 Å². The van der Waals surface area contributed by atoms with Gasteiger partial charge in [0.15, 0.2) is 5.78 Å². The van der Waals surface area contributed by atoms with Gasteiger partial charge in [0, 0.05) is 28.9 Å². The summed E-state index contributed by atoms with van der Waals surface area (Å²) in [6.45, 7) is 0.450. The highest BCUT2D eigenvalue weighted by molar-refractivity contribution is 7.12. The summed E-state index contributed by atoms with van der Waals surface area (Å²) >= 11 is 1.34. The number of benzene rings is 4. The molecule has 0 bridgehead atoms. The molecule has 228 valence electrons. The van der Waals surface area contributed by atoms with Gasteiger partial charge in [-0.05, 0) is 65.5 Å². The van der Waals surface area contributed by atoms with Crippen molar-refractivity contribution in [2.45, 2.75) is 12.5 Å². The number of carbonyl (C=O) groups is 3. The number of thiophene rings is 1. The molecular weight excluding hydrogens is 591 g/mol. The molecule has 1 amide bonds. The maximum absolute atomic E-state index is 13.5. The number of hydrogen-bond acceptors (Lipinski definition) is 7. The summed E-state index contributed by atoms with van der Waals surface area (Å²) in [5.74, 6) is -0.604. The summed E-state index contributed by atoms with van der Waals surface area (Å²) < 4.78 is 24.5. The predicted octanol–water partition coefficient (Wildman–Crippen LogP) is 7.04.